The molecule has 0 spiro atoms. The zero-order chi connectivity index (χ0) is 15.2. The SMILES string of the molecule is C[NH+](CC(=O)Nc1ccc(C#N)c(Cl)c1)Cc1ccco1. The smallest absolute Gasteiger partial charge is 0.279 e. The maximum absolute atomic E-state index is 11.9. The van der Waals surface area contributed by atoms with Gasteiger partial charge in [0, 0.05) is 5.69 Å². The molecule has 1 unspecified atom stereocenters. The molecule has 5 nitrogen and oxygen atoms in total. The van der Waals surface area contributed by atoms with Gasteiger partial charge in [0.1, 0.15) is 12.6 Å². The van der Waals surface area contributed by atoms with E-state index in [0.717, 1.165) is 10.7 Å². The second-order valence-electron chi connectivity index (χ2n) is 4.74. The summed E-state index contributed by atoms with van der Waals surface area (Å²) in [6.07, 6.45) is 1.61. The maximum atomic E-state index is 11.9. The summed E-state index contributed by atoms with van der Waals surface area (Å²) >= 11 is 5.92. The topological polar surface area (TPSA) is 70.5 Å². The Morgan fingerprint density at radius 3 is 2.90 bits per heavy atom. The lowest BCUT2D eigenvalue weighted by Gasteiger charge is -2.12. The Kier molecular flexibility index (Phi) is 4.99. The Balaban J connectivity index is 1.89. The molecule has 1 heterocycles. The van der Waals surface area contributed by atoms with Crippen molar-refractivity contribution in [3.63, 3.8) is 0 Å². The number of halogens is 1. The zero-order valence-electron chi connectivity index (χ0n) is 11.5. The van der Waals surface area contributed by atoms with Gasteiger partial charge in [0.05, 0.1) is 23.9 Å². The molecule has 1 atom stereocenters. The number of nitrogens with one attached hydrogen (secondary N) is 2. The minimum atomic E-state index is -0.125. The van der Waals surface area contributed by atoms with Crippen molar-refractivity contribution >= 4 is 23.2 Å². The summed E-state index contributed by atoms with van der Waals surface area (Å²) in [5.74, 6) is 0.710. The average molecular weight is 305 g/mol. The van der Waals surface area contributed by atoms with Crippen molar-refractivity contribution in [1.82, 2.24) is 0 Å². The third-order valence-corrected chi connectivity index (χ3v) is 3.20. The summed E-state index contributed by atoms with van der Waals surface area (Å²) in [7, 11) is 1.91. The van der Waals surface area contributed by atoms with Crippen LogP contribution in [0.3, 0.4) is 0 Å². The van der Waals surface area contributed by atoms with Gasteiger partial charge in [-0.05, 0) is 30.3 Å². The number of quaternary nitrogens is 1. The molecular formula is C15H15ClN3O2+. The predicted molar refractivity (Wildman–Crippen MR) is 79.0 cm³/mol. The summed E-state index contributed by atoms with van der Waals surface area (Å²) in [5.41, 5.74) is 0.963. The quantitative estimate of drug-likeness (QED) is 0.878. The van der Waals surface area contributed by atoms with Gasteiger partial charge in [0.15, 0.2) is 12.3 Å². The van der Waals surface area contributed by atoms with E-state index in [1.54, 1.807) is 24.5 Å². The fraction of sp³-hybridized carbons (Fsp3) is 0.200. The lowest BCUT2D eigenvalue weighted by Crippen LogP contribution is -3.08. The van der Waals surface area contributed by atoms with E-state index in [-0.39, 0.29) is 5.91 Å². The molecule has 0 bridgehead atoms. The van der Waals surface area contributed by atoms with Gasteiger partial charge < -0.3 is 14.6 Å². The van der Waals surface area contributed by atoms with Crippen LogP contribution in [0, 0.1) is 11.3 Å². The number of anilines is 1. The van der Waals surface area contributed by atoms with Crippen molar-refractivity contribution in [1.29, 1.82) is 5.26 Å². The van der Waals surface area contributed by atoms with Crippen LogP contribution in [0.2, 0.25) is 5.02 Å². The summed E-state index contributed by atoms with van der Waals surface area (Å²) < 4.78 is 5.24. The summed E-state index contributed by atoms with van der Waals surface area (Å²) in [4.78, 5) is 12.9. The van der Waals surface area contributed by atoms with Gasteiger partial charge >= 0.3 is 0 Å². The number of furan rings is 1. The Morgan fingerprint density at radius 2 is 2.29 bits per heavy atom. The lowest BCUT2D eigenvalue weighted by atomic mass is 10.2. The fourth-order valence-electron chi connectivity index (χ4n) is 1.94. The molecule has 0 saturated carbocycles. The molecule has 108 valence electrons. The van der Waals surface area contributed by atoms with Crippen molar-refractivity contribution in [3.8, 4) is 6.07 Å². The molecule has 0 aliphatic carbocycles. The van der Waals surface area contributed by atoms with Crippen LogP contribution in [0.25, 0.3) is 0 Å². The average Bonchev–Trinajstić information content (AvgIpc) is 2.91. The number of carbonyl (C=O) groups excluding carboxylic acids is 1. The summed E-state index contributed by atoms with van der Waals surface area (Å²) in [6.45, 7) is 0.937. The van der Waals surface area contributed by atoms with Crippen LogP contribution in [-0.4, -0.2) is 19.5 Å². The predicted octanol–water partition coefficient (Wildman–Crippen LogP) is 1.46. The van der Waals surface area contributed by atoms with E-state index in [9.17, 15) is 4.79 Å². The fourth-order valence-corrected chi connectivity index (χ4v) is 2.16. The van der Waals surface area contributed by atoms with E-state index in [2.05, 4.69) is 5.32 Å². The third kappa shape index (κ3) is 4.35. The number of amides is 1. The number of carbonyl (C=O) groups is 1. The molecule has 0 fully saturated rings. The zero-order valence-corrected chi connectivity index (χ0v) is 12.3. The van der Waals surface area contributed by atoms with Gasteiger partial charge in [-0.25, -0.2) is 0 Å². The lowest BCUT2D eigenvalue weighted by molar-refractivity contribution is -0.886. The van der Waals surface area contributed by atoms with Gasteiger partial charge in [-0.1, -0.05) is 11.6 Å². The first kappa shape index (κ1) is 15.1. The molecule has 2 rings (SSSR count). The second kappa shape index (κ2) is 6.93. The summed E-state index contributed by atoms with van der Waals surface area (Å²) in [5, 5.41) is 11.9. The third-order valence-electron chi connectivity index (χ3n) is 2.89. The van der Waals surface area contributed by atoms with Crippen LogP contribution in [0.4, 0.5) is 5.69 Å². The normalized spacial score (nSPS) is 11.7. The largest absolute Gasteiger partial charge is 0.463 e. The van der Waals surface area contributed by atoms with E-state index < -0.39 is 0 Å². The molecular weight excluding hydrogens is 290 g/mol. The van der Waals surface area contributed by atoms with Crippen LogP contribution < -0.4 is 10.2 Å². The first-order chi connectivity index (χ1) is 10.1. The van der Waals surface area contributed by atoms with Crippen LogP contribution in [0.15, 0.2) is 41.0 Å². The van der Waals surface area contributed by atoms with Crippen LogP contribution in [0.5, 0.6) is 0 Å². The Morgan fingerprint density at radius 1 is 1.48 bits per heavy atom. The first-order valence-electron chi connectivity index (χ1n) is 6.41. The number of hydrogen-bond donors (Lipinski definition) is 2. The van der Waals surface area contributed by atoms with Crippen molar-refractivity contribution in [3.05, 3.63) is 52.9 Å². The van der Waals surface area contributed by atoms with E-state index in [1.165, 1.54) is 0 Å². The monoisotopic (exact) mass is 304 g/mol. The maximum Gasteiger partial charge on any atom is 0.279 e. The first-order valence-corrected chi connectivity index (χ1v) is 6.79. The molecule has 0 aliphatic rings. The second-order valence-corrected chi connectivity index (χ2v) is 5.15. The number of nitrogens with zero attached hydrogens (tertiary/aromatic N) is 1. The van der Waals surface area contributed by atoms with Crippen molar-refractivity contribution in [2.24, 2.45) is 0 Å². The van der Waals surface area contributed by atoms with Crippen LogP contribution in [0.1, 0.15) is 11.3 Å². The van der Waals surface area contributed by atoms with Crippen molar-refractivity contribution < 1.29 is 14.1 Å². The van der Waals surface area contributed by atoms with Crippen molar-refractivity contribution in [2.45, 2.75) is 6.54 Å². The molecule has 21 heavy (non-hydrogen) atoms. The number of hydrogen-bond acceptors (Lipinski definition) is 3. The Hall–Kier alpha value is -2.29. The van der Waals surface area contributed by atoms with Gasteiger partial charge in [0.2, 0.25) is 0 Å². The van der Waals surface area contributed by atoms with E-state index in [1.807, 2.05) is 25.2 Å². The standard InChI is InChI=1S/C15H14ClN3O2/c1-19(9-13-3-2-6-21-13)10-15(20)18-12-5-4-11(8-17)14(16)7-12/h2-7H,9-10H2,1H3,(H,18,20)/p+1. The Bertz CT molecular complexity index is 662. The van der Waals surface area contributed by atoms with Crippen molar-refractivity contribution in [2.75, 3.05) is 18.9 Å². The molecule has 2 aromatic rings. The minimum Gasteiger partial charge on any atom is -0.463 e. The summed E-state index contributed by atoms with van der Waals surface area (Å²) in [6, 6.07) is 10.5. The molecule has 2 N–H and O–H groups in total. The molecule has 0 radical (unpaired) electrons. The van der Waals surface area contributed by atoms with Gasteiger partial charge in [-0.3, -0.25) is 4.79 Å². The van der Waals surface area contributed by atoms with E-state index in [0.29, 0.717) is 29.4 Å². The molecule has 1 aromatic carbocycles. The molecule has 1 aromatic heterocycles. The van der Waals surface area contributed by atoms with Crippen LogP contribution in [-0.2, 0) is 11.3 Å². The van der Waals surface area contributed by atoms with Gasteiger partial charge in [0.25, 0.3) is 5.91 Å². The highest BCUT2D eigenvalue weighted by Crippen LogP contribution is 2.19. The highest BCUT2D eigenvalue weighted by Gasteiger charge is 2.12. The molecule has 6 heteroatoms. The van der Waals surface area contributed by atoms with E-state index >= 15 is 0 Å². The Labute approximate surface area is 127 Å². The number of rotatable bonds is 5. The van der Waals surface area contributed by atoms with Gasteiger partial charge in [-0.15, -0.1) is 0 Å². The number of benzene rings is 1. The molecule has 0 saturated heterocycles. The number of likely N-dealkylation sites (N-methyl/N-ethyl adjacent to an activating group) is 1. The highest BCUT2D eigenvalue weighted by molar-refractivity contribution is 6.32. The van der Waals surface area contributed by atoms with Crippen LogP contribution >= 0.6 is 11.6 Å². The highest BCUT2D eigenvalue weighted by atomic mass is 35.5. The van der Waals surface area contributed by atoms with Gasteiger partial charge in [-0.2, -0.15) is 5.26 Å². The minimum absolute atomic E-state index is 0.125. The molecule has 0 aliphatic heterocycles. The van der Waals surface area contributed by atoms with E-state index in [4.69, 9.17) is 21.3 Å². The number of nitriles is 1. The molecule has 1 amide bonds.